The van der Waals surface area contributed by atoms with Crippen molar-refractivity contribution in [3.05, 3.63) is 59.2 Å². The van der Waals surface area contributed by atoms with Crippen LogP contribution in [0.5, 0.6) is 0 Å². The summed E-state index contributed by atoms with van der Waals surface area (Å²) in [7, 11) is 0. The van der Waals surface area contributed by atoms with Crippen molar-refractivity contribution in [3.8, 4) is 11.1 Å². The number of nitrogens with one attached hydrogen (secondary N) is 1. The van der Waals surface area contributed by atoms with E-state index >= 15 is 0 Å². The van der Waals surface area contributed by atoms with Crippen LogP contribution in [0, 0.1) is 12.8 Å². The van der Waals surface area contributed by atoms with Crippen LogP contribution in [0.1, 0.15) is 66.4 Å². The molecule has 2 aliphatic rings. The van der Waals surface area contributed by atoms with Crippen LogP contribution in [-0.4, -0.2) is 77.2 Å². The van der Waals surface area contributed by atoms with E-state index in [9.17, 15) is 14.7 Å². The van der Waals surface area contributed by atoms with Crippen molar-refractivity contribution in [1.82, 2.24) is 10.2 Å². The Morgan fingerprint density at radius 2 is 1.85 bits per heavy atom. The van der Waals surface area contributed by atoms with Gasteiger partial charge in [-0.2, -0.15) is 23.5 Å². The van der Waals surface area contributed by atoms with Crippen molar-refractivity contribution in [3.63, 3.8) is 0 Å². The molecule has 1 heterocycles. The molecule has 2 N–H and O–H groups in total. The van der Waals surface area contributed by atoms with E-state index in [0.29, 0.717) is 34.9 Å². The second kappa shape index (κ2) is 16.0. The Kier molecular flexibility index (Phi) is 12.5. The van der Waals surface area contributed by atoms with Gasteiger partial charge < -0.3 is 15.2 Å². The molecule has 2 aromatic rings. The summed E-state index contributed by atoms with van der Waals surface area (Å²) in [5.41, 5.74) is 4.57. The molecular weight excluding hydrogens is 553 g/mol. The minimum Gasteiger partial charge on any atom is -0.480 e. The Labute approximate surface area is 254 Å². The van der Waals surface area contributed by atoms with Crippen molar-refractivity contribution in [2.24, 2.45) is 5.92 Å². The van der Waals surface area contributed by atoms with Gasteiger partial charge in [-0.15, -0.1) is 0 Å². The Balaban J connectivity index is 1.53. The molecular formula is C33H46N2O4S2. The molecule has 0 radical (unpaired) electrons. The van der Waals surface area contributed by atoms with Gasteiger partial charge in [0, 0.05) is 36.6 Å². The van der Waals surface area contributed by atoms with Gasteiger partial charge >= 0.3 is 5.97 Å². The van der Waals surface area contributed by atoms with E-state index in [0.717, 1.165) is 55.0 Å². The number of carboxylic acid groups (broad SMARTS) is 1. The summed E-state index contributed by atoms with van der Waals surface area (Å²) >= 11 is 3.51. The highest BCUT2D eigenvalue weighted by atomic mass is 32.2. The van der Waals surface area contributed by atoms with Gasteiger partial charge in [-0.25, -0.2) is 4.79 Å². The maximum atomic E-state index is 13.5. The summed E-state index contributed by atoms with van der Waals surface area (Å²) in [5.74, 6) is 0.0301. The highest BCUT2D eigenvalue weighted by Crippen LogP contribution is 2.32. The molecule has 0 aromatic heterocycles. The molecule has 0 spiro atoms. The molecule has 2 aromatic carbocycles. The molecule has 6 nitrogen and oxygen atoms in total. The molecule has 2 fully saturated rings. The quantitative estimate of drug-likeness (QED) is 0.257. The fraction of sp³-hybridized carbons (Fsp3) is 0.576. The topological polar surface area (TPSA) is 78.9 Å². The third-order valence-electron chi connectivity index (χ3n) is 8.57. The zero-order chi connectivity index (χ0) is 29.2. The summed E-state index contributed by atoms with van der Waals surface area (Å²) in [4.78, 5) is 27.8. The minimum absolute atomic E-state index is 0.346. The van der Waals surface area contributed by atoms with Gasteiger partial charge in [-0.3, -0.25) is 9.69 Å². The van der Waals surface area contributed by atoms with Crippen molar-refractivity contribution < 1.29 is 19.4 Å². The average molecular weight is 599 g/mol. The van der Waals surface area contributed by atoms with Gasteiger partial charge in [0.05, 0.1) is 6.61 Å². The number of aliphatic carboxylic acids is 1. The van der Waals surface area contributed by atoms with Gasteiger partial charge in [0.2, 0.25) is 0 Å². The molecule has 1 aliphatic carbocycles. The first-order valence-electron chi connectivity index (χ1n) is 15.0. The Bertz CT molecular complexity index is 1150. The van der Waals surface area contributed by atoms with Gasteiger partial charge in [-0.05, 0) is 91.2 Å². The Morgan fingerprint density at radius 1 is 1.07 bits per heavy atom. The summed E-state index contributed by atoms with van der Waals surface area (Å²) in [6.45, 7) is 5.51. The van der Waals surface area contributed by atoms with Crippen molar-refractivity contribution in [2.75, 3.05) is 38.0 Å². The number of hydrogen-bond acceptors (Lipinski definition) is 6. The van der Waals surface area contributed by atoms with Crippen molar-refractivity contribution >= 4 is 35.4 Å². The largest absolute Gasteiger partial charge is 0.480 e. The zero-order valence-electron chi connectivity index (χ0n) is 24.8. The first-order chi connectivity index (χ1) is 19.9. The van der Waals surface area contributed by atoms with E-state index in [2.05, 4.69) is 22.5 Å². The number of nitrogens with zero attached hydrogens (tertiary/aromatic N) is 1. The van der Waals surface area contributed by atoms with Crippen LogP contribution < -0.4 is 5.32 Å². The molecule has 0 bridgehead atoms. The molecule has 4 rings (SSSR count). The first-order valence-corrected chi connectivity index (χ1v) is 17.6. The smallest absolute Gasteiger partial charge is 0.326 e. The zero-order valence-corrected chi connectivity index (χ0v) is 26.4. The lowest BCUT2D eigenvalue weighted by atomic mass is 9.90. The van der Waals surface area contributed by atoms with E-state index in [1.807, 2.05) is 61.3 Å². The number of likely N-dealkylation sites (tertiary alicyclic amines) is 1. The molecule has 1 amide bonds. The van der Waals surface area contributed by atoms with Crippen molar-refractivity contribution in [2.45, 2.75) is 75.7 Å². The Hall–Kier alpha value is -2.00. The number of amides is 1. The summed E-state index contributed by atoms with van der Waals surface area (Å²) in [5, 5.41) is 13.1. The van der Waals surface area contributed by atoms with Crippen LogP contribution in [0.3, 0.4) is 0 Å². The highest BCUT2D eigenvalue weighted by Gasteiger charge is 2.32. The van der Waals surface area contributed by atoms with Crippen LogP contribution in [0.4, 0.5) is 0 Å². The number of benzene rings is 2. The number of aryl methyl sites for hydroxylation is 1. The van der Waals surface area contributed by atoms with Gasteiger partial charge in [-0.1, -0.05) is 49.6 Å². The summed E-state index contributed by atoms with van der Waals surface area (Å²) < 4.78 is 6.31. The predicted octanol–water partition coefficient (Wildman–Crippen LogP) is 6.50. The van der Waals surface area contributed by atoms with Crippen LogP contribution in [0.2, 0.25) is 0 Å². The lowest BCUT2D eigenvalue weighted by molar-refractivity contribution is -0.139. The molecule has 41 heavy (non-hydrogen) atoms. The monoisotopic (exact) mass is 598 g/mol. The molecule has 8 heteroatoms. The van der Waals surface area contributed by atoms with Gasteiger partial charge in [0.1, 0.15) is 6.04 Å². The summed E-state index contributed by atoms with van der Waals surface area (Å²) in [6.07, 6.45) is 12.3. The van der Waals surface area contributed by atoms with E-state index in [1.165, 1.54) is 32.1 Å². The second-order valence-corrected chi connectivity index (χ2v) is 13.7. The van der Waals surface area contributed by atoms with Crippen LogP contribution in [-0.2, 0) is 16.1 Å². The minimum atomic E-state index is -1.00. The number of hydrogen-bond donors (Lipinski definition) is 2. The normalized spacial score (nSPS) is 20.7. The molecule has 1 saturated heterocycles. The van der Waals surface area contributed by atoms with Crippen molar-refractivity contribution in [1.29, 1.82) is 0 Å². The molecule has 3 atom stereocenters. The van der Waals surface area contributed by atoms with E-state index < -0.39 is 12.0 Å². The third kappa shape index (κ3) is 8.99. The number of ether oxygens (including phenoxy) is 1. The fourth-order valence-corrected chi connectivity index (χ4v) is 7.38. The number of rotatable bonds is 14. The maximum Gasteiger partial charge on any atom is 0.326 e. The SMILES string of the molecule is CSCC[C@H](NC(=O)c1ccc(CN2C[C@@H](SC)C[C@H]2COCC2CCCCC2)cc1-c1ccccc1C)C(=O)O. The summed E-state index contributed by atoms with van der Waals surface area (Å²) in [6, 6.07) is 13.6. The molecule has 224 valence electrons. The van der Waals surface area contributed by atoms with E-state index in [4.69, 9.17) is 4.74 Å². The van der Waals surface area contributed by atoms with Gasteiger partial charge in [0.25, 0.3) is 5.91 Å². The lowest BCUT2D eigenvalue weighted by Gasteiger charge is -2.27. The molecule has 1 aliphatic heterocycles. The van der Waals surface area contributed by atoms with Crippen LogP contribution in [0.15, 0.2) is 42.5 Å². The Morgan fingerprint density at radius 3 is 2.56 bits per heavy atom. The maximum absolute atomic E-state index is 13.5. The standard InChI is InChI=1S/C33H46N2O4S2/c1-23-9-7-8-12-28(23)30-17-25(13-14-29(30)32(36)34-31(33(37)38)15-16-40-2)19-35-20-27(41-3)18-26(35)22-39-21-24-10-5-4-6-11-24/h7-9,12-14,17,24,26-27,31H,4-6,10-11,15-16,18-22H2,1-3H3,(H,34,36)(H,37,38)/t26-,27-,31-/m0/s1. The molecule has 0 unspecified atom stereocenters. The van der Waals surface area contributed by atoms with Crippen LogP contribution in [0.25, 0.3) is 11.1 Å². The highest BCUT2D eigenvalue weighted by molar-refractivity contribution is 7.99. The van der Waals surface area contributed by atoms with Crippen LogP contribution >= 0.6 is 23.5 Å². The number of thioether (sulfide) groups is 2. The lowest BCUT2D eigenvalue weighted by Crippen LogP contribution is -2.41. The number of carboxylic acids is 1. The van der Waals surface area contributed by atoms with E-state index in [-0.39, 0.29) is 5.91 Å². The second-order valence-electron chi connectivity index (χ2n) is 11.6. The number of carbonyl (C=O) groups is 2. The first kappa shape index (κ1) is 31.9. The number of carbonyl (C=O) groups excluding carboxylic acids is 1. The fourth-order valence-electron chi connectivity index (χ4n) is 6.15. The average Bonchev–Trinajstić information content (AvgIpc) is 3.37. The third-order valence-corrected chi connectivity index (χ3v) is 10.2. The molecule has 1 saturated carbocycles. The van der Waals surface area contributed by atoms with Gasteiger partial charge in [0.15, 0.2) is 0 Å². The van der Waals surface area contributed by atoms with E-state index in [1.54, 1.807) is 11.8 Å². The predicted molar refractivity (Wildman–Crippen MR) is 172 cm³/mol.